The highest BCUT2D eigenvalue weighted by Crippen LogP contribution is 2.17. The van der Waals surface area contributed by atoms with E-state index in [0.29, 0.717) is 0 Å². The van der Waals surface area contributed by atoms with E-state index in [1.165, 1.54) is 5.19 Å². The molecule has 1 rings (SSSR count). The molecule has 0 aromatic heterocycles. The Hall–Kier alpha value is -0.383. The molecule has 0 amide bonds. The highest BCUT2D eigenvalue weighted by molar-refractivity contribution is 7.80. The van der Waals surface area contributed by atoms with Crippen LogP contribution in [-0.4, -0.2) is 19.6 Å². The Kier molecular flexibility index (Phi) is 4.53. The van der Waals surface area contributed by atoms with Crippen molar-refractivity contribution in [3.63, 3.8) is 0 Å². The normalized spacial score (nSPS) is 11.3. The fourth-order valence-electron chi connectivity index (χ4n) is 1.63. The molecule has 0 aliphatic heterocycles. The first kappa shape index (κ1) is 13.7. The van der Waals surface area contributed by atoms with Crippen molar-refractivity contribution in [2.75, 3.05) is 6.54 Å². The molecule has 0 aliphatic rings. The minimum atomic E-state index is -1.41. The van der Waals surface area contributed by atoms with Crippen molar-refractivity contribution in [1.29, 1.82) is 0 Å². The molecule has 0 fully saturated rings. The Labute approximate surface area is 109 Å². The van der Waals surface area contributed by atoms with E-state index < -0.39 is 8.07 Å². The summed E-state index contributed by atoms with van der Waals surface area (Å²) in [5.74, 6) is 0. The van der Waals surface area contributed by atoms with Crippen LogP contribution in [0.25, 0.3) is 0 Å². The maximum Gasteiger partial charge on any atom is 0.107 e. The molecule has 0 heterocycles. The molecule has 1 aromatic rings. The Balaban J connectivity index is 3.30. The van der Waals surface area contributed by atoms with E-state index in [2.05, 4.69) is 31.0 Å². The van der Waals surface area contributed by atoms with Gasteiger partial charge < -0.3 is 5.32 Å². The summed E-state index contributed by atoms with van der Waals surface area (Å²) >= 11 is 11.7. The first-order valence-corrected chi connectivity index (χ1v) is 9.73. The van der Waals surface area contributed by atoms with Crippen LogP contribution in [0, 0.1) is 0 Å². The third-order valence-corrected chi connectivity index (χ3v) is 5.08. The van der Waals surface area contributed by atoms with Crippen LogP contribution in [-0.2, 0) is 0 Å². The first-order chi connectivity index (χ1) is 7.38. The fourth-order valence-corrected chi connectivity index (χ4v) is 4.09. The lowest BCUT2D eigenvalue weighted by atomic mass is 10.2. The lowest BCUT2D eigenvalue weighted by Gasteiger charge is -2.22. The maximum absolute atomic E-state index is 6.26. The molecule has 0 atom stereocenters. The van der Waals surface area contributed by atoms with E-state index in [4.69, 9.17) is 23.8 Å². The molecular weight excluding hydrogens is 254 g/mol. The van der Waals surface area contributed by atoms with Crippen molar-refractivity contribution in [3.05, 3.63) is 28.8 Å². The largest absolute Gasteiger partial charge is 0.376 e. The van der Waals surface area contributed by atoms with E-state index in [0.717, 1.165) is 22.1 Å². The van der Waals surface area contributed by atoms with Crippen molar-refractivity contribution >= 4 is 42.1 Å². The van der Waals surface area contributed by atoms with E-state index in [1.54, 1.807) is 0 Å². The number of benzene rings is 1. The van der Waals surface area contributed by atoms with Crippen LogP contribution >= 0.6 is 23.8 Å². The zero-order valence-electron chi connectivity index (χ0n) is 10.2. The molecule has 4 heteroatoms. The predicted molar refractivity (Wildman–Crippen MR) is 79.8 cm³/mol. The van der Waals surface area contributed by atoms with Gasteiger partial charge in [0.2, 0.25) is 0 Å². The van der Waals surface area contributed by atoms with E-state index in [1.807, 2.05) is 19.1 Å². The quantitative estimate of drug-likeness (QED) is 0.670. The zero-order valence-corrected chi connectivity index (χ0v) is 12.8. The topological polar surface area (TPSA) is 12.0 Å². The summed E-state index contributed by atoms with van der Waals surface area (Å²) in [6, 6.07) is 6.06. The monoisotopic (exact) mass is 271 g/mol. The second-order valence-corrected chi connectivity index (χ2v) is 10.6. The number of halogens is 1. The fraction of sp³-hybridized carbons (Fsp3) is 0.417. The number of hydrogen-bond donors (Lipinski definition) is 1. The molecule has 0 unspecified atom stereocenters. The van der Waals surface area contributed by atoms with Crippen LogP contribution in [0.1, 0.15) is 12.5 Å². The van der Waals surface area contributed by atoms with Crippen molar-refractivity contribution in [1.82, 2.24) is 5.32 Å². The molecule has 88 valence electrons. The number of hydrogen-bond acceptors (Lipinski definition) is 1. The summed E-state index contributed by atoms with van der Waals surface area (Å²) in [6.45, 7) is 9.77. The van der Waals surface area contributed by atoms with Crippen molar-refractivity contribution in [2.24, 2.45) is 0 Å². The van der Waals surface area contributed by atoms with E-state index in [-0.39, 0.29) is 0 Å². The highest BCUT2D eigenvalue weighted by atomic mass is 35.5. The van der Waals surface area contributed by atoms with Crippen LogP contribution < -0.4 is 10.5 Å². The van der Waals surface area contributed by atoms with Crippen LogP contribution in [0.5, 0.6) is 0 Å². The SMILES string of the molecule is CCNC(=S)c1c(Cl)cccc1[Si](C)(C)C. The van der Waals surface area contributed by atoms with Crippen LogP contribution in [0.4, 0.5) is 0 Å². The van der Waals surface area contributed by atoms with Gasteiger partial charge in [0.05, 0.1) is 13.1 Å². The van der Waals surface area contributed by atoms with Crippen molar-refractivity contribution < 1.29 is 0 Å². The van der Waals surface area contributed by atoms with E-state index in [9.17, 15) is 0 Å². The molecular formula is C12H18ClNSSi. The van der Waals surface area contributed by atoms with Gasteiger partial charge in [0.15, 0.2) is 0 Å². The molecule has 0 saturated heterocycles. The number of rotatable bonds is 3. The lowest BCUT2D eigenvalue weighted by Crippen LogP contribution is -2.43. The smallest absolute Gasteiger partial charge is 0.107 e. The van der Waals surface area contributed by atoms with Gasteiger partial charge in [-0.1, -0.05) is 55.6 Å². The van der Waals surface area contributed by atoms with Gasteiger partial charge in [-0.2, -0.15) is 0 Å². The van der Waals surface area contributed by atoms with Crippen molar-refractivity contribution in [2.45, 2.75) is 26.6 Å². The summed E-state index contributed by atoms with van der Waals surface area (Å²) in [6.07, 6.45) is 0. The summed E-state index contributed by atoms with van der Waals surface area (Å²) in [4.78, 5) is 0.769. The Morgan fingerprint density at radius 3 is 2.50 bits per heavy atom. The Morgan fingerprint density at radius 2 is 2.00 bits per heavy atom. The van der Waals surface area contributed by atoms with Crippen LogP contribution in [0.15, 0.2) is 18.2 Å². The number of thiocarbonyl (C=S) groups is 1. The predicted octanol–water partition coefficient (Wildman–Crippen LogP) is 3.17. The molecule has 1 nitrogen and oxygen atoms in total. The van der Waals surface area contributed by atoms with Gasteiger partial charge in [-0.15, -0.1) is 0 Å². The molecule has 0 spiro atoms. The number of nitrogens with one attached hydrogen (secondary N) is 1. The first-order valence-electron chi connectivity index (χ1n) is 5.45. The summed E-state index contributed by atoms with van der Waals surface area (Å²) in [7, 11) is -1.41. The molecule has 0 aliphatic carbocycles. The zero-order chi connectivity index (χ0) is 12.3. The summed E-state index contributed by atoms with van der Waals surface area (Å²) < 4.78 is 0. The summed E-state index contributed by atoms with van der Waals surface area (Å²) in [5, 5.41) is 5.26. The molecule has 0 saturated carbocycles. The molecule has 16 heavy (non-hydrogen) atoms. The third-order valence-electron chi connectivity index (χ3n) is 2.39. The molecule has 0 radical (unpaired) electrons. The van der Waals surface area contributed by atoms with Gasteiger partial charge >= 0.3 is 0 Å². The Morgan fingerprint density at radius 1 is 1.38 bits per heavy atom. The van der Waals surface area contributed by atoms with Gasteiger partial charge in [0.1, 0.15) is 4.99 Å². The molecule has 0 bridgehead atoms. The van der Waals surface area contributed by atoms with Gasteiger partial charge in [-0.25, -0.2) is 0 Å². The average molecular weight is 272 g/mol. The lowest BCUT2D eigenvalue weighted by molar-refractivity contribution is 0.983. The van der Waals surface area contributed by atoms with Gasteiger partial charge in [-0.05, 0) is 18.2 Å². The minimum Gasteiger partial charge on any atom is -0.376 e. The third kappa shape index (κ3) is 3.06. The Bertz CT molecular complexity index is 398. The van der Waals surface area contributed by atoms with E-state index >= 15 is 0 Å². The van der Waals surface area contributed by atoms with Crippen molar-refractivity contribution in [3.8, 4) is 0 Å². The average Bonchev–Trinajstić information content (AvgIpc) is 2.16. The summed E-state index contributed by atoms with van der Waals surface area (Å²) in [5.41, 5.74) is 1.03. The highest BCUT2D eigenvalue weighted by Gasteiger charge is 2.23. The van der Waals surface area contributed by atoms with Gasteiger partial charge in [0.25, 0.3) is 0 Å². The maximum atomic E-state index is 6.26. The molecule has 1 N–H and O–H groups in total. The van der Waals surface area contributed by atoms with Gasteiger partial charge in [-0.3, -0.25) is 0 Å². The second-order valence-electron chi connectivity index (χ2n) is 4.77. The minimum absolute atomic E-state index is 0.755. The molecule has 1 aromatic carbocycles. The standard InChI is InChI=1S/C12H18ClNSSi/c1-5-14-12(15)11-9(13)7-6-8-10(11)16(2,3)4/h6-8H,5H2,1-4H3,(H,14,15). The van der Waals surface area contributed by atoms with Gasteiger partial charge in [0, 0.05) is 12.1 Å². The second kappa shape index (κ2) is 5.30. The van der Waals surface area contributed by atoms with Crippen LogP contribution in [0.2, 0.25) is 24.7 Å². The van der Waals surface area contributed by atoms with Crippen LogP contribution in [0.3, 0.4) is 0 Å².